The molecule has 0 spiro atoms. The van der Waals surface area contributed by atoms with Gasteiger partial charge < -0.3 is 21.5 Å². The summed E-state index contributed by atoms with van der Waals surface area (Å²) in [6.45, 7) is 2.72. The number of ether oxygens (including phenoxy) is 1. The van der Waals surface area contributed by atoms with Crippen LogP contribution in [0.5, 0.6) is 0 Å². The van der Waals surface area contributed by atoms with Crippen LogP contribution in [0.1, 0.15) is 5.56 Å². The van der Waals surface area contributed by atoms with E-state index in [1.54, 1.807) is 0 Å². The number of amides is 1. The third-order valence-electron chi connectivity index (χ3n) is 1.92. The Kier molecular flexibility index (Phi) is 3.79. The molecule has 5 nitrogen and oxygen atoms in total. The molecule has 5 heteroatoms. The summed E-state index contributed by atoms with van der Waals surface area (Å²) in [5, 5.41) is 3.10. The molecule has 0 saturated heterocycles. The van der Waals surface area contributed by atoms with Gasteiger partial charge in [-0.3, -0.25) is 0 Å². The lowest BCUT2D eigenvalue weighted by Gasteiger charge is -2.09. The van der Waals surface area contributed by atoms with Crippen LogP contribution in [-0.4, -0.2) is 19.2 Å². The normalized spacial score (nSPS) is 9.67. The van der Waals surface area contributed by atoms with E-state index in [0.29, 0.717) is 12.2 Å². The summed E-state index contributed by atoms with van der Waals surface area (Å²) >= 11 is 0. The quantitative estimate of drug-likeness (QED) is 0.511. The average molecular weight is 209 g/mol. The van der Waals surface area contributed by atoms with Gasteiger partial charge in [0.05, 0.1) is 0 Å². The van der Waals surface area contributed by atoms with Crippen LogP contribution >= 0.6 is 0 Å². The van der Waals surface area contributed by atoms with Crippen molar-refractivity contribution in [2.45, 2.75) is 6.92 Å². The van der Waals surface area contributed by atoms with Gasteiger partial charge in [0.25, 0.3) is 0 Å². The summed E-state index contributed by atoms with van der Waals surface area (Å²) in [6, 6.07) is 5.59. The first-order chi connectivity index (χ1) is 7.09. The third-order valence-corrected chi connectivity index (χ3v) is 1.92. The molecular formula is C10H15N3O2. The van der Waals surface area contributed by atoms with Crippen molar-refractivity contribution >= 4 is 17.5 Å². The molecule has 0 aliphatic heterocycles. The number of anilines is 2. The number of hydrogen-bond acceptors (Lipinski definition) is 4. The smallest absolute Gasteiger partial charge is 0.404 e. The van der Waals surface area contributed by atoms with Crippen molar-refractivity contribution in [2.75, 3.05) is 24.2 Å². The van der Waals surface area contributed by atoms with Gasteiger partial charge in [-0.25, -0.2) is 4.79 Å². The molecule has 0 bridgehead atoms. The minimum Gasteiger partial charge on any atom is -0.448 e. The lowest BCUT2D eigenvalue weighted by Crippen LogP contribution is -2.18. The van der Waals surface area contributed by atoms with Crippen LogP contribution in [0.3, 0.4) is 0 Å². The summed E-state index contributed by atoms with van der Waals surface area (Å²) in [6.07, 6.45) is -0.763. The van der Waals surface area contributed by atoms with Gasteiger partial charge >= 0.3 is 6.09 Å². The van der Waals surface area contributed by atoms with Gasteiger partial charge in [0.15, 0.2) is 0 Å². The van der Waals surface area contributed by atoms with Gasteiger partial charge in [-0.05, 0) is 24.6 Å². The fraction of sp³-hybridized carbons (Fsp3) is 0.300. The van der Waals surface area contributed by atoms with Crippen LogP contribution < -0.4 is 16.8 Å². The lowest BCUT2D eigenvalue weighted by molar-refractivity contribution is 0.161. The maximum absolute atomic E-state index is 10.3. The Balaban J connectivity index is 2.43. The zero-order chi connectivity index (χ0) is 11.3. The average Bonchev–Trinajstić information content (AvgIpc) is 2.17. The van der Waals surface area contributed by atoms with Crippen molar-refractivity contribution in [2.24, 2.45) is 5.73 Å². The Morgan fingerprint density at radius 2 is 2.27 bits per heavy atom. The topological polar surface area (TPSA) is 90.4 Å². The molecule has 1 aromatic carbocycles. The molecule has 0 aliphatic carbocycles. The van der Waals surface area contributed by atoms with E-state index < -0.39 is 6.09 Å². The Labute approximate surface area is 88.4 Å². The Hall–Kier alpha value is -1.91. The van der Waals surface area contributed by atoms with Crippen molar-refractivity contribution in [3.8, 4) is 0 Å². The summed E-state index contributed by atoms with van der Waals surface area (Å²) in [5.74, 6) is 0. The first-order valence-corrected chi connectivity index (χ1v) is 4.62. The fourth-order valence-electron chi connectivity index (χ4n) is 1.17. The van der Waals surface area contributed by atoms with E-state index in [9.17, 15) is 4.79 Å². The van der Waals surface area contributed by atoms with Crippen molar-refractivity contribution in [3.05, 3.63) is 23.8 Å². The highest BCUT2D eigenvalue weighted by atomic mass is 16.5. The number of carbonyl (C=O) groups excluding carboxylic acids is 1. The van der Waals surface area contributed by atoms with Gasteiger partial charge in [-0.2, -0.15) is 0 Å². The van der Waals surface area contributed by atoms with Crippen LogP contribution in [0.15, 0.2) is 18.2 Å². The molecule has 1 amide bonds. The zero-order valence-electron chi connectivity index (χ0n) is 8.62. The highest BCUT2D eigenvalue weighted by Crippen LogP contribution is 2.17. The molecule has 0 aromatic heterocycles. The molecule has 0 atom stereocenters. The number of primary amides is 1. The predicted octanol–water partition coefficient (Wildman–Crippen LogP) is 1.08. The number of nitrogens with two attached hydrogens (primary N) is 2. The molecule has 82 valence electrons. The highest BCUT2D eigenvalue weighted by Gasteiger charge is 1.98. The van der Waals surface area contributed by atoms with E-state index in [0.717, 1.165) is 11.3 Å². The number of benzene rings is 1. The van der Waals surface area contributed by atoms with E-state index in [4.69, 9.17) is 11.5 Å². The van der Waals surface area contributed by atoms with Crippen molar-refractivity contribution in [3.63, 3.8) is 0 Å². The molecule has 0 aliphatic rings. The van der Waals surface area contributed by atoms with E-state index in [1.165, 1.54) is 0 Å². The minimum absolute atomic E-state index is 0.240. The second-order valence-corrected chi connectivity index (χ2v) is 3.17. The molecule has 0 unspecified atom stereocenters. The van der Waals surface area contributed by atoms with Crippen molar-refractivity contribution in [1.29, 1.82) is 0 Å². The molecule has 0 radical (unpaired) electrons. The summed E-state index contributed by atoms with van der Waals surface area (Å²) < 4.78 is 4.58. The predicted molar refractivity (Wildman–Crippen MR) is 59.6 cm³/mol. The first kappa shape index (κ1) is 11.2. The van der Waals surface area contributed by atoms with Crippen LogP contribution in [0.2, 0.25) is 0 Å². The van der Waals surface area contributed by atoms with E-state index >= 15 is 0 Å². The second kappa shape index (κ2) is 5.09. The monoisotopic (exact) mass is 209 g/mol. The van der Waals surface area contributed by atoms with Gasteiger partial charge in [0, 0.05) is 17.9 Å². The van der Waals surface area contributed by atoms with E-state index in [-0.39, 0.29) is 6.61 Å². The van der Waals surface area contributed by atoms with Gasteiger partial charge in [0.2, 0.25) is 0 Å². The minimum atomic E-state index is -0.763. The SMILES string of the molecule is Cc1ccc(N)cc1NCCOC(N)=O. The summed E-state index contributed by atoms with van der Waals surface area (Å²) in [7, 11) is 0. The van der Waals surface area contributed by atoms with Crippen molar-refractivity contribution in [1.82, 2.24) is 0 Å². The van der Waals surface area contributed by atoms with Crippen LogP contribution in [-0.2, 0) is 4.74 Å². The Morgan fingerprint density at radius 1 is 1.53 bits per heavy atom. The first-order valence-electron chi connectivity index (χ1n) is 4.62. The van der Waals surface area contributed by atoms with Crippen LogP contribution in [0.4, 0.5) is 16.2 Å². The van der Waals surface area contributed by atoms with Crippen LogP contribution in [0, 0.1) is 6.92 Å². The van der Waals surface area contributed by atoms with E-state index in [1.807, 2.05) is 25.1 Å². The van der Waals surface area contributed by atoms with Crippen molar-refractivity contribution < 1.29 is 9.53 Å². The number of nitrogens with one attached hydrogen (secondary N) is 1. The number of rotatable bonds is 4. The lowest BCUT2D eigenvalue weighted by atomic mass is 10.2. The number of hydrogen-bond donors (Lipinski definition) is 3. The Morgan fingerprint density at radius 3 is 2.93 bits per heavy atom. The molecule has 5 N–H and O–H groups in total. The molecule has 0 fully saturated rings. The second-order valence-electron chi connectivity index (χ2n) is 3.17. The number of nitrogen functional groups attached to an aromatic ring is 1. The maximum atomic E-state index is 10.3. The third kappa shape index (κ3) is 3.76. The van der Waals surface area contributed by atoms with Gasteiger partial charge in [-0.15, -0.1) is 0 Å². The Bertz CT molecular complexity index is 353. The molecule has 0 saturated carbocycles. The fourth-order valence-corrected chi connectivity index (χ4v) is 1.17. The van der Waals surface area contributed by atoms with Gasteiger partial charge in [-0.1, -0.05) is 6.07 Å². The largest absolute Gasteiger partial charge is 0.448 e. The number of carbonyl (C=O) groups is 1. The maximum Gasteiger partial charge on any atom is 0.404 e. The molecule has 0 heterocycles. The zero-order valence-corrected chi connectivity index (χ0v) is 8.62. The van der Waals surface area contributed by atoms with Gasteiger partial charge in [0.1, 0.15) is 6.61 Å². The summed E-state index contributed by atoms with van der Waals surface area (Å²) in [4.78, 5) is 10.3. The molecule has 1 aromatic rings. The molecule has 15 heavy (non-hydrogen) atoms. The molecular weight excluding hydrogens is 194 g/mol. The highest BCUT2D eigenvalue weighted by molar-refractivity contribution is 5.64. The summed E-state index contributed by atoms with van der Waals surface area (Å²) in [5.41, 5.74) is 13.2. The van der Waals surface area contributed by atoms with Crippen LogP contribution in [0.25, 0.3) is 0 Å². The molecule has 1 rings (SSSR count). The standard InChI is InChI=1S/C10H15N3O2/c1-7-2-3-8(11)6-9(7)13-4-5-15-10(12)14/h2-3,6,13H,4-5,11H2,1H3,(H2,12,14). The number of aryl methyl sites for hydroxylation is 1. The van der Waals surface area contributed by atoms with E-state index in [2.05, 4.69) is 10.1 Å².